The van der Waals surface area contributed by atoms with Crippen LogP contribution in [-0.2, 0) is 5.60 Å². The third kappa shape index (κ3) is 3.75. The Morgan fingerprint density at radius 3 is 2.34 bits per heavy atom. The average molecular weight is 455 g/mol. The third-order valence-electron chi connectivity index (χ3n) is 4.60. The maximum absolute atomic E-state index is 13.2. The van der Waals surface area contributed by atoms with Gasteiger partial charge in [0, 0.05) is 22.3 Å². The molecule has 1 aromatic carbocycles. The number of hydrogen-bond acceptors (Lipinski definition) is 4. The van der Waals surface area contributed by atoms with E-state index in [2.05, 4.69) is 0 Å². The van der Waals surface area contributed by atoms with Gasteiger partial charge < -0.3 is 10.0 Å². The zero-order valence-electron chi connectivity index (χ0n) is 14.8. The van der Waals surface area contributed by atoms with Crippen molar-refractivity contribution in [2.24, 2.45) is 0 Å². The summed E-state index contributed by atoms with van der Waals surface area (Å²) in [5, 5.41) is 11.1. The summed E-state index contributed by atoms with van der Waals surface area (Å²) in [5.74, 6) is -0.380. The molecule has 1 aliphatic heterocycles. The summed E-state index contributed by atoms with van der Waals surface area (Å²) >= 11 is 2.28. The first-order valence-corrected chi connectivity index (χ1v) is 10.2. The van der Waals surface area contributed by atoms with E-state index in [1.54, 1.807) is 17.5 Å². The van der Waals surface area contributed by atoms with Crippen LogP contribution in [0.5, 0.6) is 0 Å². The fourth-order valence-electron chi connectivity index (χ4n) is 3.00. The molecule has 0 spiro atoms. The van der Waals surface area contributed by atoms with Crippen molar-refractivity contribution in [3.8, 4) is 0 Å². The van der Waals surface area contributed by atoms with Crippen LogP contribution in [0.2, 0.25) is 0 Å². The lowest BCUT2D eigenvalue weighted by Gasteiger charge is -2.36. The quantitative estimate of drug-likeness (QED) is 0.614. The van der Waals surface area contributed by atoms with E-state index in [0.29, 0.717) is 23.4 Å². The molecule has 2 aromatic rings. The monoisotopic (exact) mass is 455 g/mol. The van der Waals surface area contributed by atoms with Gasteiger partial charge >= 0.3 is 12.4 Å². The predicted molar refractivity (Wildman–Crippen MR) is 98.4 cm³/mol. The molecule has 0 aliphatic carbocycles. The standard InChI is InChI=1S/C18H15F6NO2S2/c1-2-11-9-25(15(26)13-4-3-7-28-13)12-6-5-10(8-14(12)29-11)16(27,17(19,20)21)18(22,23)24/h3-8,11,27H,2,9H2,1H3. The highest BCUT2D eigenvalue weighted by Gasteiger charge is 2.71. The number of carbonyl (C=O) groups is 1. The number of nitrogens with zero attached hydrogens (tertiary/aromatic N) is 1. The van der Waals surface area contributed by atoms with E-state index >= 15 is 0 Å². The topological polar surface area (TPSA) is 40.5 Å². The van der Waals surface area contributed by atoms with Crippen LogP contribution < -0.4 is 4.90 Å². The summed E-state index contributed by atoms with van der Waals surface area (Å²) in [7, 11) is 0. The molecule has 158 valence electrons. The number of thioether (sulfide) groups is 1. The summed E-state index contributed by atoms with van der Waals surface area (Å²) in [6.07, 6.45) is -11.4. The predicted octanol–water partition coefficient (Wildman–Crippen LogP) is 5.59. The smallest absolute Gasteiger partial charge is 0.369 e. The Morgan fingerprint density at radius 1 is 1.17 bits per heavy atom. The maximum atomic E-state index is 13.2. The maximum Gasteiger partial charge on any atom is 0.430 e. The lowest BCUT2D eigenvalue weighted by Crippen LogP contribution is -2.54. The molecule has 3 nitrogen and oxygen atoms in total. The number of benzene rings is 1. The summed E-state index contributed by atoms with van der Waals surface area (Å²) in [4.78, 5) is 14.6. The third-order valence-corrected chi connectivity index (χ3v) is 6.86. The van der Waals surface area contributed by atoms with Crippen molar-refractivity contribution in [3.63, 3.8) is 0 Å². The number of rotatable bonds is 3. The Kier molecular flexibility index (Phi) is 5.69. The molecular formula is C18H15F6NO2S2. The van der Waals surface area contributed by atoms with E-state index in [4.69, 9.17) is 0 Å². The van der Waals surface area contributed by atoms with Crippen molar-refractivity contribution in [2.45, 2.75) is 41.4 Å². The molecule has 1 atom stereocenters. The molecule has 1 aliphatic rings. The molecule has 0 fully saturated rings. The van der Waals surface area contributed by atoms with E-state index in [9.17, 15) is 36.2 Å². The Hall–Kier alpha value is -1.72. The van der Waals surface area contributed by atoms with Crippen LogP contribution >= 0.6 is 23.1 Å². The first-order valence-electron chi connectivity index (χ1n) is 8.42. The van der Waals surface area contributed by atoms with E-state index in [-0.39, 0.29) is 28.3 Å². The van der Waals surface area contributed by atoms with E-state index < -0.39 is 23.5 Å². The lowest BCUT2D eigenvalue weighted by molar-refractivity contribution is -0.376. The van der Waals surface area contributed by atoms with Crippen molar-refractivity contribution in [2.75, 3.05) is 11.4 Å². The minimum Gasteiger partial charge on any atom is -0.369 e. The molecule has 1 N–H and O–H groups in total. The summed E-state index contributed by atoms with van der Waals surface area (Å²) in [6.45, 7) is 2.08. The molecule has 0 saturated carbocycles. The number of alkyl halides is 6. The van der Waals surface area contributed by atoms with Gasteiger partial charge in [-0.3, -0.25) is 4.79 Å². The van der Waals surface area contributed by atoms with Gasteiger partial charge in [-0.15, -0.1) is 23.1 Å². The van der Waals surface area contributed by atoms with Crippen LogP contribution in [0.4, 0.5) is 32.0 Å². The number of carbonyl (C=O) groups excluding carboxylic acids is 1. The SMILES string of the molecule is CCC1CN(C(=O)c2cccs2)c2ccc(C(O)(C(F)(F)F)C(F)(F)F)cc2S1. The molecule has 11 heteroatoms. The minimum absolute atomic E-state index is 0.0810. The van der Waals surface area contributed by atoms with Gasteiger partial charge in [0.25, 0.3) is 11.5 Å². The zero-order chi connectivity index (χ0) is 21.6. The van der Waals surface area contributed by atoms with Crippen LogP contribution in [0.15, 0.2) is 40.6 Å². The molecule has 0 saturated heterocycles. The summed E-state index contributed by atoms with van der Waals surface area (Å²) in [5.41, 5.74) is -6.12. The Labute approximate surface area is 170 Å². The van der Waals surface area contributed by atoms with Gasteiger partial charge in [-0.05, 0) is 30.0 Å². The van der Waals surface area contributed by atoms with Crippen molar-refractivity contribution < 1.29 is 36.2 Å². The van der Waals surface area contributed by atoms with Gasteiger partial charge in [0.05, 0.1) is 10.6 Å². The fourth-order valence-corrected chi connectivity index (χ4v) is 4.92. The number of halogens is 6. The molecular weight excluding hydrogens is 440 g/mol. The normalized spacial score (nSPS) is 17.9. The van der Waals surface area contributed by atoms with Crippen LogP contribution in [0, 0.1) is 0 Å². The molecule has 0 bridgehead atoms. The second-order valence-corrected chi connectivity index (χ2v) is 8.72. The highest BCUT2D eigenvalue weighted by molar-refractivity contribution is 8.00. The number of aliphatic hydroxyl groups is 1. The highest BCUT2D eigenvalue weighted by Crippen LogP contribution is 2.52. The summed E-state index contributed by atoms with van der Waals surface area (Å²) < 4.78 is 79.3. The van der Waals surface area contributed by atoms with Gasteiger partial charge in [-0.2, -0.15) is 26.3 Å². The molecule has 29 heavy (non-hydrogen) atoms. The van der Waals surface area contributed by atoms with Crippen molar-refractivity contribution in [3.05, 3.63) is 46.2 Å². The van der Waals surface area contributed by atoms with Crippen LogP contribution in [0.1, 0.15) is 28.6 Å². The second-order valence-electron chi connectivity index (χ2n) is 6.43. The van der Waals surface area contributed by atoms with Gasteiger partial charge in [0.1, 0.15) is 0 Å². The molecule has 3 rings (SSSR count). The van der Waals surface area contributed by atoms with Crippen LogP contribution in [-0.4, -0.2) is 35.2 Å². The van der Waals surface area contributed by atoms with Gasteiger partial charge in [-0.1, -0.05) is 19.1 Å². The first kappa shape index (κ1) is 22.0. The molecule has 1 amide bonds. The number of amides is 1. The fraction of sp³-hybridized carbons (Fsp3) is 0.389. The van der Waals surface area contributed by atoms with E-state index in [1.807, 2.05) is 6.92 Å². The van der Waals surface area contributed by atoms with Crippen LogP contribution in [0.25, 0.3) is 0 Å². The average Bonchev–Trinajstić information content (AvgIpc) is 3.18. The first-order chi connectivity index (χ1) is 13.4. The summed E-state index contributed by atoms with van der Waals surface area (Å²) in [6, 6.07) is 5.54. The highest BCUT2D eigenvalue weighted by atomic mass is 32.2. The number of anilines is 1. The van der Waals surface area contributed by atoms with Crippen molar-refractivity contribution in [1.82, 2.24) is 0 Å². The molecule has 2 heterocycles. The lowest BCUT2D eigenvalue weighted by atomic mass is 9.92. The molecule has 1 unspecified atom stereocenters. The number of fused-ring (bicyclic) bond motifs is 1. The Morgan fingerprint density at radius 2 is 1.83 bits per heavy atom. The number of thiophene rings is 1. The number of hydrogen-bond donors (Lipinski definition) is 1. The second kappa shape index (κ2) is 7.51. The van der Waals surface area contributed by atoms with Gasteiger partial charge in [0.15, 0.2) is 0 Å². The van der Waals surface area contributed by atoms with Crippen LogP contribution in [0.3, 0.4) is 0 Å². The van der Waals surface area contributed by atoms with Crippen molar-refractivity contribution >= 4 is 34.7 Å². The van der Waals surface area contributed by atoms with Gasteiger partial charge in [-0.25, -0.2) is 0 Å². The van der Waals surface area contributed by atoms with E-state index in [0.717, 1.165) is 17.8 Å². The Bertz CT molecular complexity index is 881. The molecule has 0 radical (unpaired) electrons. The molecule has 1 aromatic heterocycles. The van der Waals surface area contributed by atoms with Crippen molar-refractivity contribution in [1.29, 1.82) is 0 Å². The minimum atomic E-state index is -5.96. The van der Waals surface area contributed by atoms with E-state index in [1.165, 1.54) is 16.2 Å². The Balaban J connectivity index is 2.11. The zero-order valence-corrected chi connectivity index (χ0v) is 16.5. The largest absolute Gasteiger partial charge is 0.430 e. The van der Waals surface area contributed by atoms with Gasteiger partial charge in [0.2, 0.25) is 0 Å².